The lowest BCUT2D eigenvalue weighted by molar-refractivity contribution is -0.172. The van der Waals surface area contributed by atoms with E-state index < -0.39 is 23.8 Å². The van der Waals surface area contributed by atoms with E-state index in [0.29, 0.717) is 5.06 Å². The van der Waals surface area contributed by atoms with Crippen molar-refractivity contribution in [2.45, 2.75) is 12.8 Å². The topological polar surface area (TPSA) is 90.0 Å². The molecular weight excluding hydrogens is 266 g/mol. The maximum absolute atomic E-state index is 11.8. The molecule has 0 bridgehead atoms. The van der Waals surface area contributed by atoms with Gasteiger partial charge < -0.3 is 9.57 Å². The van der Waals surface area contributed by atoms with Crippen molar-refractivity contribution in [3.8, 4) is 0 Å². The van der Waals surface area contributed by atoms with E-state index in [1.54, 1.807) is 0 Å². The number of rotatable bonds is 3. The van der Waals surface area contributed by atoms with Gasteiger partial charge in [-0.1, -0.05) is 0 Å². The number of nitrogens with zero attached hydrogens (tertiary/aromatic N) is 1. The Balaban J connectivity index is 2.08. The number of amides is 2. The van der Waals surface area contributed by atoms with Crippen molar-refractivity contribution in [2.75, 3.05) is 7.11 Å². The van der Waals surface area contributed by atoms with Gasteiger partial charge in [0, 0.05) is 12.8 Å². The fourth-order valence-electron chi connectivity index (χ4n) is 1.65. The minimum atomic E-state index is -0.843. The molecule has 2 amide bonds. The van der Waals surface area contributed by atoms with Crippen LogP contribution in [0.4, 0.5) is 0 Å². The van der Waals surface area contributed by atoms with Crippen molar-refractivity contribution in [1.82, 2.24) is 5.06 Å². The lowest BCUT2D eigenvalue weighted by Crippen LogP contribution is -2.32. The molecule has 0 N–H and O–H groups in total. The normalized spacial score (nSPS) is 14.3. The Hall–Kier alpha value is -2.70. The number of hydrogen-bond acceptors (Lipinski definition) is 6. The summed E-state index contributed by atoms with van der Waals surface area (Å²) < 4.78 is 4.52. The SMILES string of the molecule is COC(=O)c1ccc(C(=O)ON2C(=O)CCC2=O)cc1. The van der Waals surface area contributed by atoms with Crippen LogP contribution in [0.25, 0.3) is 0 Å². The number of hydroxylamine groups is 2. The molecular formula is C13H11NO6. The first kappa shape index (κ1) is 13.7. The Bertz CT molecular complexity index is 561. The first-order valence-electron chi connectivity index (χ1n) is 5.79. The van der Waals surface area contributed by atoms with Crippen LogP contribution in [0, 0.1) is 0 Å². The fraction of sp³-hybridized carbons (Fsp3) is 0.231. The Kier molecular flexibility index (Phi) is 3.79. The zero-order valence-electron chi connectivity index (χ0n) is 10.6. The van der Waals surface area contributed by atoms with Gasteiger partial charge in [-0.2, -0.15) is 0 Å². The molecule has 1 fully saturated rings. The lowest BCUT2D eigenvalue weighted by atomic mass is 10.1. The van der Waals surface area contributed by atoms with Gasteiger partial charge in [-0.25, -0.2) is 9.59 Å². The van der Waals surface area contributed by atoms with Crippen molar-refractivity contribution in [1.29, 1.82) is 0 Å². The summed E-state index contributed by atoms with van der Waals surface area (Å²) in [5, 5.41) is 0.469. The van der Waals surface area contributed by atoms with Gasteiger partial charge in [0.1, 0.15) is 0 Å². The predicted octanol–water partition coefficient (Wildman–Crippen LogP) is 0.694. The fourth-order valence-corrected chi connectivity index (χ4v) is 1.65. The average Bonchev–Trinajstić information content (AvgIpc) is 2.78. The number of esters is 1. The second kappa shape index (κ2) is 5.52. The third-order valence-corrected chi connectivity index (χ3v) is 2.72. The van der Waals surface area contributed by atoms with E-state index in [-0.39, 0.29) is 24.0 Å². The number of ether oxygens (including phenoxy) is 1. The molecule has 1 heterocycles. The van der Waals surface area contributed by atoms with E-state index in [0.717, 1.165) is 0 Å². The van der Waals surface area contributed by atoms with E-state index in [9.17, 15) is 19.2 Å². The number of hydrogen-bond donors (Lipinski definition) is 0. The Morgan fingerprint density at radius 3 is 1.85 bits per heavy atom. The van der Waals surface area contributed by atoms with Crippen molar-refractivity contribution in [3.63, 3.8) is 0 Å². The molecule has 7 nitrogen and oxygen atoms in total. The molecule has 1 saturated heterocycles. The van der Waals surface area contributed by atoms with Crippen LogP contribution in [0.3, 0.4) is 0 Å². The molecule has 7 heteroatoms. The number of methoxy groups -OCH3 is 1. The third kappa shape index (κ3) is 2.66. The van der Waals surface area contributed by atoms with E-state index in [4.69, 9.17) is 4.84 Å². The Morgan fingerprint density at radius 2 is 1.40 bits per heavy atom. The molecule has 0 saturated carbocycles. The molecule has 2 rings (SSSR count). The van der Waals surface area contributed by atoms with Crippen LogP contribution < -0.4 is 0 Å². The van der Waals surface area contributed by atoms with Crippen molar-refractivity contribution in [2.24, 2.45) is 0 Å². The summed E-state index contributed by atoms with van der Waals surface area (Å²) in [6.45, 7) is 0. The summed E-state index contributed by atoms with van der Waals surface area (Å²) >= 11 is 0. The predicted molar refractivity (Wildman–Crippen MR) is 64.3 cm³/mol. The van der Waals surface area contributed by atoms with Gasteiger partial charge in [0.05, 0.1) is 18.2 Å². The van der Waals surface area contributed by atoms with Crippen molar-refractivity contribution in [3.05, 3.63) is 35.4 Å². The molecule has 104 valence electrons. The van der Waals surface area contributed by atoms with Gasteiger partial charge in [-0.3, -0.25) is 9.59 Å². The van der Waals surface area contributed by atoms with Gasteiger partial charge in [0.2, 0.25) is 0 Å². The minimum Gasteiger partial charge on any atom is -0.465 e. The maximum Gasteiger partial charge on any atom is 0.363 e. The van der Waals surface area contributed by atoms with E-state index >= 15 is 0 Å². The van der Waals surface area contributed by atoms with Gasteiger partial charge >= 0.3 is 11.9 Å². The van der Waals surface area contributed by atoms with Crippen LogP contribution >= 0.6 is 0 Å². The molecule has 1 aromatic carbocycles. The maximum atomic E-state index is 11.8. The van der Waals surface area contributed by atoms with E-state index in [2.05, 4.69) is 4.74 Å². The first-order chi connectivity index (χ1) is 9.52. The van der Waals surface area contributed by atoms with Crippen LogP contribution in [0.1, 0.15) is 33.6 Å². The van der Waals surface area contributed by atoms with Crippen molar-refractivity contribution < 1.29 is 28.8 Å². The van der Waals surface area contributed by atoms with Gasteiger partial charge in [0.25, 0.3) is 11.8 Å². The average molecular weight is 277 g/mol. The summed E-state index contributed by atoms with van der Waals surface area (Å²) in [6.07, 6.45) is 0.0702. The molecule has 20 heavy (non-hydrogen) atoms. The summed E-state index contributed by atoms with van der Waals surface area (Å²) in [4.78, 5) is 50.3. The van der Waals surface area contributed by atoms with Crippen LogP contribution in [-0.2, 0) is 19.2 Å². The van der Waals surface area contributed by atoms with Crippen molar-refractivity contribution >= 4 is 23.8 Å². The van der Waals surface area contributed by atoms with E-state index in [1.807, 2.05) is 0 Å². The largest absolute Gasteiger partial charge is 0.465 e. The zero-order valence-corrected chi connectivity index (χ0v) is 10.6. The molecule has 1 aromatic rings. The third-order valence-electron chi connectivity index (χ3n) is 2.72. The number of imide groups is 1. The molecule has 1 aliphatic heterocycles. The highest BCUT2D eigenvalue weighted by atomic mass is 16.7. The monoisotopic (exact) mass is 277 g/mol. The van der Waals surface area contributed by atoms with E-state index in [1.165, 1.54) is 31.4 Å². The summed E-state index contributed by atoms with van der Waals surface area (Å²) in [6, 6.07) is 5.46. The first-order valence-corrected chi connectivity index (χ1v) is 5.79. The molecule has 0 radical (unpaired) electrons. The summed E-state index contributed by atoms with van der Waals surface area (Å²) in [5.41, 5.74) is 0.391. The Labute approximate surface area is 114 Å². The second-order valence-corrected chi connectivity index (χ2v) is 4.03. The molecule has 0 aliphatic carbocycles. The van der Waals surface area contributed by atoms with Crippen LogP contribution in [0.15, 0.2) is 24.3 Å². The molecule has 0 unspecified atom stereocenters. The highest BCUT2D eigenvalue weighted by Gasteiger charge is 2.33. The summed E-state index contributed by atoms with van der Waals surface area (Å²) in [5.74, 6) is -2.47. The molecule has 0 spiro atoms. The number of carbonyl (C=O) groups is 4. The smallest absolute Gasteiger partial charge is 0.363 e. The van der Waals surface area contributed by atoms with Crippen LogP contribution in [0.2, 0.25) is 0 Å². The van der Waals surface area contributed by atoms with Gasteiger partial charge in [0.15, 0.2) is 0 Å². The Morgan fingerprint density at radius 1 is 0.950 bits per heavy atom. The molecule has 0 aromatic heterocycles. The standard InChI is InChI=1S/C13H11NO6/c1-19-12(17)8-2-4-9(5-3-8)13(18)20-14-10(15)6-7-11(14)16/h2-5H,6-7H2,1H3. The lowest BCUT2D eigenvalue weighted by Gasteiger charge is -2.12. The second-order valence-electron chi connectivity index (χ2n) is 4.03. The van der Waals surface area contributed by atoms with Crippen LogP contribution in [0.5, 0.6) is 0 Å². The minimum absolute atomic E-state index is 0.0351. The molecule has 0 atom stereocenters. The highest BCUT2D eigenvalue weighted by Crippen LogP contribution is 2.14. The number of carbonyl (C=O) groups excluding carboxylic acids is 4. The summed E-state index contributed by atoms with van der Waals surface area (Å²) in [7, 11) is 1.25. The van der Waals surface area contributed by atoms with Gasteiger partial charge in [-0.15, -0.1) is 5.06 Å². The quantitative estimate of drug-likeness (QED) is 0.596. The van der Waals surface area contributed by atoms with Gasteiger partial charge in [-0.05, 0) is 24.3 Å². The van der Waals surface area contributed by atoms with Crippen LogP contribution in [-0.4, -0.2) is 35.9 Å². The molecule has 1 aliphatic rings. The highest BCUT2D eigenvalue weighted by molar-refractivity contribution is 6.02. The number of benzene rings is 1. The zero-order chi connectivity index (χ0) is 14.7.